The fraction of sp³-hybridized carbons (Fsp3) is 0.308. The van der Waals surface area contributed by atoms with E-state index in [9.17, 15) is 9.59 Å². The molecule has 0 bridgehead atoms. The molecule has 0 atom stereocenters. The summed E-state index contributed by atoms with van der Waals surface area (Å²) in [5, 5.41) is 11.5. The zero-order valence-corrected chi connectivity index (χ0v) is 11.4. The van der Waals surface area contributed by atoms with Gasteiger partial charge in [-0.05, 0) is 32.9 Å². The van der Waals surface area contributed by atoms with Gasteiger partial charge in [0.25, 0.3) is 0 Å². The summed E-state index contributed by atoms with van der Waals surface area (Å²) in [7, 11) is 0. The van der Waals surface area contributed by atoms with E-state index in [1.807, 2.05) is 0 Å². The Kier molecular flexibility index (Phi) is 3.35. The number of imidazole rings is 1. The van der Waals surface area contributed by atoms with E-state index in [0.717, 1.165) is 0 Å². The molecule has 0 radical (unpaired) electrons. The van der Waals surface area contributed by atoms with E-state index in [0.29, 0.717) is 11.3 Å². The van der Waals surface area contributed by atoms with E-state index in [4.69, 9.17) is 9.84 Å². The number of carbonyl (C=O) groups is 2. The molecule has 1 amide bonds. The third kappa shape index (κ3) is 3.05. The summed E-state index contributed by atoms with van der Waals surface area (Å²) in [6, 6.07) is 3.30. The molecule has 0 aliphatic carbocycles. The number of carboxylic acid groups (broad SMARTS) is 1. The Morgan fingerprint density at radius 3 is 2.70 bits per heavy atom. The molecule has 0 aliphatic rings. The molecule has 0 saturated carbocycles. The molecule has 0 aromatic carbocycles. The molecular formula is C13H15N3O4. The summed E-state index contributed by atoms with van der Waals surface area (Å²) in [5.74, 6) is -1.13. The minimum atomic E-state index is -1.13. The molecule has 0 saturated heterocycles. The lowest BCUT2D eigenvalue weighted by atomic mass is 10.2. The van der Waals surface area contributed by atoms with Crippen LogP contribution in [0.3, 0.4) is 0 Å². The van der Waals surface area contributed by atoms with Crippen molar-refractivity contribution >= 4 is 23.4 Å². The summed E-state index contributed by atoms with van der Waals surface area (Å²) in [6.07, 6.45) is 2.40. The van der Waals surface area contributed by atoms with E-state index in [2.05, 4.69) is 10.3 Å². The quantitative estimate of drug-likeness (QED) is 0.879. The molecule has 2 aromatic heterocycles. The normalized spacial score (nSPS) is 11.3. The highest BCUT2D eigenvalue weighted by Gasteiger charge is 2.18. The number of rotatable bonds is 2. The van der Waals surface area contributed by atoms with Gasteiger partial charge < -0.3 is 14.2 Å². The molecule has 2 rings (SSSR count). The molecule has 106 valence electrons. The smallest absolute Gasteiger partial charge is 0.412 e. The average molecular weight is 277 g/mol. The van der Waals surface area contributed by atoms with E-state index in [-0.39, 0.29) is 5.69 Å². The number of carboxylic acids is 1. The van der Waals surface area contributed by atoms with Gasteiger partial charge in [0.2, 0.25) is 0 Å². The molecule has 0 aliphatic heterocycles. The van der Waals surface area contributed by atoms with Crippen LogP contribution in [0.1, 0.15) is 31.3 Å². The van der Waals surface area contributed by atoms with E-state index < -0.39 is 17.7 Å². The molecule has 7 nitrogen and oxygen atoms in total. The first-order valence-electron chi connectivity index (χ1n) is 5.97. The van der Waals surface area contributed by atoms with Crippen LogP contribution in [0.5, 0.6) is 0 Å². The molecule has 2 N–H and O–H groups in total. The second-order valence-corrected chi connectivity index (χ2v) is 5.21. The average Bonchev–Trinajstić information content (AvgIpc) is 2.71. The molecule has 0 fully saturated rings. The van der Waals surface area contributed by atoms with Crippen molar-refractivity contribution in [2.24, 2.45) is 0 Å². The zero-order valence-electron chi connectivity index (χ0n) is 11.4. The first kappa shape index (κ1) is 13.9. The standard InChI is InChI=1S/C13H15N3O4/c1-13(2,3)20-12(19)15-8-5-4-6-16-7-9(11(17)18)14-10(8)16/h4-7H,1-3H3,(H,15,19)(H,17,18). The van der Waals surface area contributed by atoms with Crippen molar-refractivity contribution in [3.63, 3.8) is 0 Å². The Labute approximate surface area is 115 Å². The van der Waals surface area contributed by atoms with Gasteiger partial charge in [-0.1, -0.05) is 0 Å². The third-order valence-corrected chi connectivity index (χ3v) is 2.34. The number of fused-ring (bicyclic) bond motifs is 1. The van der Waals surface area contributed by atoms with Gasteiger partial charge >= 0.3 is 12.1 Å². The predicted molar refractivity (Wildman–Crippen MR) is 72.0 cm³/mol. The molecule has 2 aromatic rings. The summed E-state index contributed by atoms with van der Waals surface area (Å²) < 4.78 is 6.67. The number of amides is 1. The predicted octanol–water partition coefficient (Wildman–Crippen LogP) is 2.38. The first-order valence-corrected chi connectivity index (χ1v) is 5.97. The molecule has 20 heavy (non-hydrogen) atoms. The molecule has 2 heterocycles. The molecule has 7 heteroatoms. The highest BCUT2D eigenvalue weighted by Crippen LogP contribution is 2.18. The van der Waals surface area contributed by atoms with Crippen molar-refractivity contribution in [2.75, 3.05) is 5.32 Å². The fourth-order valence-corrected chi connectivity index (χ4v) is 1.63. The van der Waals surface area contributed by atoms with Crippen LogP contribution in [0.25, 0.3) is 5.65 Å². The number of aromatic nitrogens is 2. The highest BCUT2D eigenvalue weighted by atomic mass is 16.6. The van der Waals surface area contributed by atoms with Crippen molar-refractivity contribution in [1.29, 1.82) is 0 Å². The maximum Gasteiger partial charge on any atom is 0.412 e. The second kappa shape index (κ2) is 4.84. The number of hydrogen-bond acceptors (Lipinski definition) is 4. The van der Waals surface area contributed by atoms with Crippen molar-refractivity contribution in [3.8, 4) is 0 Å². The Morgan fingerprint density at radius 1 is 1.40 bits per heavy atom. The number of aromatic carboxylic acids is 1. The van der Waals surface area contributed by atoms with Crippen LogP contribution in [-0.2, 0) is 4.74 Å². The van der Waals surface area contributed by atoms with E-state index in [1.165, 1.54) is 10.6 Å². The Bertz CT molecular complexity index is 670. The van der Waals surface area contributed by atoms with Gasteiger partial charge in [0.05, 0.1) is 5.69 Å². The largest absolute Gasteiger partial charge is 0.476 e. The van der Waals surface area contributed by atoms with Crippen LogP contribution >= 0.6 is 0 Å². The monoisotopic (exact) mass is 277 g/mol. The summed E-state index contributed by atoms with van der Waals surface area (Å²) >= 11 is 0. The van der Waals surface area contributed by atoms with Crippen LogP contribution in [0, 0.1) is 0 Å². The number of carbonyl (C=O) groups excluding carboxylic acids is 1. The maximum atomic E-state index is 11.7. The van der Waals surface area contributed by atoms with Gasteiger partial charge in [-0.25, -0.2) is 14.6 Å². The van der Waals surface area contributed by atoms with Gasteiger partial charge in [0.1, 0.15) is 5.60 Å². The van der Waals surface area contributed by atoms with Gasteiger partial charge in [0, 0.05) is 12.4 Å². The summed E-state index contributed by atoms with van der Waals surface area (Å²) in [4.78, 5) is 26.6. The Balaban J connectivity index is 2.30. The van der Waals surface area contributed by atoms with Crippen LogP contribution in [-0.4, -0.2) is 32.2 Å². The minimum Gasteiger partial charge on any atom is -0.476 e. The molecule has 0 spiro atoms. The summed E-state index contributed by atoms with van der Waals surface area (Å²) in [5.41, 5.74) is 0.0185. The van der Waals surface area contributed by atoms with Crippen molar-refractivity contribution in [2.45, 2.75) is 26.4 Å². The number of hydrogen-bond donors (Lipinski definition) is 2. The number of anilines is 1. The van der Waals surface area contributed by atoms with Crippen LogP contribution in [0.15, 0.2) is 24.5 Å². The number of nitrogens with one attached hydrogen (secondary N) is 1. The molecule has 0 unspecified atom stereocenters. The number of pyridine rings is 1. The lowest BCUT2D eigenvalue weighted by Crippen LogP contribution is -2.27. The van der Waals surface area contributed by atoms with Crippen LogP contribution in [0.2, 0.25) is 0 Å². The first-order chi connectivity index (χ1) is 9.26. The zero-order chi connectivity index (χ0) is 14.9. The van der Waals surface area contributed by atoms with Gasteiger partial charge in [-0.15, -0.1) is 0 Å². The Morgan fingerprint density at radius 2 is 2.10 bits per heavy atom. The van der Waals surface area contributed by atoms with Gasteiger partial charge in [-0.3, -0.25) is 5.32 Å². The second-order valence-electron chi connectivity index (χ2n) is 5.21. The molecular weight excluding hydrogens is 262 g/mol. The third-order valence-electron chi connectivity index (χ3n) is 2.34. The van der Waals surface area contributed by atoms with E-state index >= 15 is 0 Å². The van der Waals surface area contributed by atoms with Crippen molar-refractivity contribution < 1.29 is 19.4 Å². The topological polar surface area (TPSA) is 92.9 Å². The lowest BCUT2D eigenvalue weighted by Gasteiger charge is -2.19. The minimum absolute atomic E-state index is 0.0940. The summed E-state index contributed by atoms with van der Waals surface area (Å²) in [6.45, 7) is 5.27. The Hall–Kier alpha value is -2.57. The number of ether oxygens (including phenoxy) is 1. The van der Waals surface area contributed by atoms with Crippen LogP contribution in [0.4, 0.5) is 10.5 Å². The highest BCUT2D eigenvalue weighted by molar-refractivity contribution is 5.92. The lowest BCUT2D eigenvalue weighted by molar-refractivity contribution is 0.0634. The maximum absolute atomic E-state index is 11.7. The van der Waals surface area contributed by atoms with Gasteiger partial charge in [-0.2, -0.15) is 0 Å². The van der Waals surface area contributed by atoms with Gasteiger partial charge in [0.15, 0.2) is 11.3 Å². The van der Waals surface area contributed by atoms with Crippen molar-refractivity contribution in [1.82, 2.24) is 9.38 Å². The fourth-order valence-electron chi connectivity index (χ4n) is 1.63. The van der Waals surface area contributed by atoms with Crippen molar-refractivity contribution in [3.05, 3.63) is 30.2 Å². The van der Waals surface area contributed by atoms with E-state index in [1.54, 1.807) is 39.1 Å². The van der Waals surface area contributed by atoms with Crippen LogP contribution < -0.4 is 5.32 Å². The number of nitrogens with zero attached hydrogens (tertiary/aromatic N) is 2. The SMILES string of the molecule is CC(C)(C)OC(=O)Nc1cccn2cc(C(=O)O)nc12.